The van der Waals surface area contributed by atoms with Crippen molar-refractivity contribution in [2.24, 2.45) is 0 Å². The molecule has 0 spiro atoms. The molecule has 1 heterocycles. The van der Waals surface area contributed by atoms with Crippen LogP contribution in [0.3, 0.4) is 0 Å². The van der Waals surface area contributed by atoms with E-state index in [2.05, 4.69) is 9.88 Å². The molecule has 0 saturated heterocycles. The number of benzene rings is 2. The summed E-state index contributed by atoms with van der Waals surface area (Å²) in [6.45, 7) is 5.79. The van der Waals surface area contributed by atoms with Crippen LogP contribution in [0.4, 0.5) is 0 Å². The van der Waals surface area contributed by atoms with Crippen LogP contribution in [0.5, 0.6) is 11.5 Å². The molecule has 0 aliphatic heterocycles. The van der Waals surface area contributed by atoms with E-state index in [0.29, 0.717) is 19.6 Å². The number of nitrogens with zero attached hydrogens (tertiary/aromatic N) is 2. The topological polar surface area (TPSA) is 56.6 Å². The molecule has 2 aromatic carbocycles. The molecule has 3 aromatic rings. The van der Waals surface area contributed by atoms with Crippen molar-refractivity contribution < 1.29 is 10.2 Å². The SMILES string of the molecule is Cc1ccc(O)c(CN(Cc2ccccn2)Cc2cc(C)ccc2O)c1. The van der Waals surface area contributed by atoms with Crippen molar-refractivity contribution in [3.63, 3.8) is 0 Å². The van der Waals surface area contributed by atoms with Gasteiger partial charge in [0.1, 0.15) is 11.5 Å². The maximum atomic E-state index is 10.2. The monoisotopic (exact) mass is 348 g/mol. The van der Waals surface area contributed by atoms with E-state index in [4.69, 9.17) is 0 Å². The molecule has 0 aliphatic rings. The van der Waals surface area contributed by atoms with E-state index < -0.39 is 0 Å². The van der Waals surface area contributed by atoms with E-state index in [1.54, 1.807) is 18.3 Å². The lowest BCUT2D eigenvalue weighted by Crippen LogP contribution is -2.23. The molecule has 1 aromatic heterocycles. The highest BCUT2D eigenvalue weighted by atomic mass is 16.3. The Morgan fingerprint density at radius 3 is 1.85 bits per heavy atom. The van der Waals surface area contributed by atoms with Gasteiger partial charge in [-0.15, -0.1) is 0 Å². The summed E-state index contributed by atoms with van der Waals surface area (Å²) in [4.78, 5) is 6.59. The molecule has 4 nitrogen and oxygen atoms in total. The number of pyridine rings is 1. The van der Waals surface area contributed by atoms with Crippen LogP contribution >= 0.6 is 0 Å². The zero-order chi connectivity index (χ0) is 18.5. The maximum Gasteiger partial charge on any atom is 0.120 e. The average Bonchev–Trinajstić information content (AvgIpc) is 2.62. The number of phenolic OH excluding ortho intramolecular Hbond substituents is 2. The van der Waals surface area contributed by atoms with Gasteiger partial charge in [-0.25, -0.2) is 0 Å². The first-order valence-corrected chi connectivity index (χ1v) is 8.70. The molecule has 134 valence electrons. The van der Waals surface area contributed by atoms with E-state index in [1.807, 2.05) is 56.3 Å². The number of hydrogen-bond donors (Lipinski definition) is 2. The summed E-state index contributed by atoms with van der Waals surface area (Å²) in [5, 5.41) is 20.4. The first-order valence-electron chi connectivity index (χ1n) is 8.70. The van der Waals surface area contributed by atoms with Crippen LogP contribution in [0.25, 0.3) is 0 Å². The molecule has 2 N–H and O–H groups in total. The highest BCUT2D eigenvalue weighted by Gasteiger charge is 2.14. The van der Waals surface area contributed by atoms with Gasteiger partial charge in [-0.1, -0.05) is 41.5 Å². The summed E-state index contributed by atoms with van der Waals surface area (Å²) in [5.41, 5.74) is 4.90. The lowest BCUT2D eigenvalue weighted by molar-refractivity contribution is 0.238. The van der Waals surface area contributed by atoms with Gasteiger partial charge in [0, 0.05) is 37.0 Å². The molecule has 0 aliphatic carbocycles. The van der Waals surface area contributed by atoms with Crippen molar-refractivity contribution in [2.75, 3.05) is 0 Å². The third-order valence-corrected chi connectivity index (χ3v) is 4.37. The van der Waals surface area contributed by atoms with Crippen LogP contribution in [0.15, 0.2) is 60.8 Å². The minimum atomic E-state index is 0.287. The van der Waals surface area contributed by atoms with Crippen LogP contribution in [0, 0.1) is 13.8 Å². The second kappa shape index (κ2) is 8.02. The minimum Gasteiger partial charge on any atom is -0.508 e. The Bertz CT molecular complexity index is 825. The summed E-state index contributed by atoms with van der Waals surface area (Å²) >= 11 is 0. The molecule has 0 fully saturated rings. The van der Waals surface area contributed by atoms with E-state index >= 15 is 0 Å². The second-order valence-corrected chi connectivity index (χ2v) is 6.73. The summed E-state index contributed by atoms with van der Waals surface area (Å²) in [7, 11) is 0. The molecule has 26 heavy (non-hydrogen) atoms. The highest BCUT2D eigenvalue weighted by molar-refractivity contribution is 5.37. The smallest absolute Gasteiger partial charge is 0.120 e. The molecular weight excluding hydrogens is 324 g/mol. The standard InChI is InChI=1S/C22H24N2O2/c1-16-6-8-21(25)18(11-16)13-24(15-20-5-3-4-10-23-20)14-19-12-17(2)7-9-22(19)26/h3-12,25-26H,13-15H2,1-2H3. The fourth-order valence-electron chi connectivity index (χ4n) is 3.05. The average molecular weight is 348 g/mol. The van der Waals surface area contributed by atoms with Crippen molar-refractivity contribution in [1.29, 1.82) is 0 Å². The van der Waals surface area contributed by atoms with Gasteiger partial charge in [0.05, 0.1) is 5.69 Å². The fourth-order valence-corrected chi connectivity index (χ4v) is 3.05. The molecule has 0 saturated carbocycles. The minimum absolute atomic E-state index is 0.287. The zero-order valence-corrected chi connectivity index (χ0v) is 15.2. The third-order valence-electron chi connectivity index (χ3n) is 4.37. The summed E-state index contributed by atoms with van der Waals surface area (Å²) < 4.78 is 0. The van der Waals surface area contributed by atoms with E-state index in [9.17, 15) is 10.2 Å². The second-order valence-electron chi connectivity index (χ2n) is 6.73. The van der Waals surface area contributed by atoms with Crippen molar-refractivity contribution in [3.05, 3.63) is 88.7 Å². The third kappa shape index (κ3) is 4.61. The number of rotatable bonds is 6. The quantitative estimate of drug-likeness (QED) is 0.697. The van der Waals surface area contributed by atoms with Crippen LogP contribution in [-0.4, -0.2) is 20.1 Å². The summed E-state index contributed by atoms with van der Waals surface area (Å²) in [6, 6.07) is 17.1. The molecule has 0 unspecified atom stereocenters. The largest absolute Gasteiger partial charge is 0.508 e. The Labute approximate surface area is 154 Å². The van der Waals surface area contributed by atoms with Gasteiger partial charge in [0.15, 0.2) is 0 Å². The molecule has 0 atom stereocenters. The van der Waals surface area contributed by atoms with Crippen LogP contribution in [0.2, 0.25) is 0 Å². The summed E-state index contributed by atoms with van der Waals surface area (Å²) in [6.07, 6.45) is 1.78. The molecule has 0 amide bonds. The maximum absolute atomic E-state index is 10.2. The lowest BCUT2D eigenvalue weighted by atomic mass is 10.1. The molecule has 4 heteroatoms. The first-order chi connectivity index (χ1) is 12.5. The van der Waals surface area contributed by atoms with Gasteiger partial charge >= 0.3 is 0 Å². The van der Waals surface area contributed by atoms with Crippen molar-refractivity contribution in [1.82, 2.24) is 9.88 Å². The fraction of sp³-hybridized carbons (Fsp3) is 0.227. The van der Waals surface area contributed by atoms with E-state index in [1.165, 1.54) is 0 Å². The van der Waals surface area contributed by atoms with Crippen molar-refractivity contribution in [3.8, 4) is 11.5 Å². The zero-order valence-electron chi connectivity index (χ0n) is 15.2. The normalized spacial score (nSPS) is 11.0. The predicted octanol–water partition coefficient (Wildman–Crippen LogP) is 4.31. The van der Waals surface area contributed by atoms with E-state index in [0.717, 1.165) is 27.9 Å². The van der Waals surface area contributed by atoms with E-state index in [-0.39, 0.29) is 11.5 Å². The number of phenols is 2. The predicted molar refractivity (Wildman–Crippen MR) is 103 cm³/mol. The van der Waals surface area contributed by atoms with Gasteiger partial charge in [-0.2, -0.15) is 0 Å². The van der Waals surface area contributed by atoms with Gasteiger partial charge in [-0.3, -0.25) is 9.88 Å². The Balaban J connectivity index is 1.88. The summed E-state index contributed by atoms with van der Waals surface area (Å²) in [5.74, 6) is 0.574. The number of hydrogen-bond acceptors (Lipinski definition) is 4. The van der Waals surface area contributed by atoms with Crippen LogP contribution in [-0.2, 0) is 19.6 Å². The van der Waals surface area contributed by atoms with Gasteiger partial charge in [-0.05, 0) is 38.1 Å². The molecule has 3 rings (SSSR count). The number of aromatic nitrogens is 1. The Hall–Kier alpha value is -2.85. The first kappa shape index (κ1) is 18.0. The number of aromatic hydroxyl groups is 2. The van der Waals surface area contributed by atoms with Gasteiger partial charge < -0.3 is 10.2 Å². The highest BCUT2D eigenvalue weighted by Crippen LogP contribution is 2.25. The van der Waals surface area contributed by atoms with Crippen LogP contribution in [0.1, 0.15) is 27.9 Å². The van der Waals surface area contributed by atoms with Crippen molar-refractivity contribution >= 4 is 0 Å². The van der Waals surface area contributed by atoms with Gasteiger partial charge in [0.2, 0.25) is 0 Å². The van der Waals surface area contributed by atoms with Crippen molar-refractivity contribution in [2.45, 2.75) is 33.5 Å². The number of aryl methyl sites for hydroxylation is 2. The Kier molecular flexibility index (Phi) is 5.54. The Morgan fingerprint density at radius 2 is 1.35 bits per heavy atom. The molecule has 0 bridgehead atoms. The molecular formula is C22H24N2O2. The van der Waals surface area contributed by atoms with Crippen LogP contribution < -0.4 is 0 Å². The lowest BCUT2D eigenvalue weighted by Gasteiger charge is -2.23. The molecule has 0 radical (unpaired) electrons. The Morgan fingerprint density at radius 1 is 0.769 bits per heavy atom. The van der Waals surface area contributed by atoms with Gasteiger partial charge in [0.25, 0.3) is 0 Å².